The maximum Gasteiger partial charge on any atom is 0.240 e. The first kappa shape index (κ1) is 15.1. The quantitative estimate of drug-likeness (QED) is 0.847. The zero-order chi connectivity index (χ0) is 14.5. The molecule has 1 amide bonds. The number of anilines is 1. The van der Waals surface area contributed by atoms with Crippen molar-refractivity contribution >= 4 is 21.6 Å². The van der Waals surface area contributed by atoms with E-state index in [1.54, 1.807) is 6.92 Å². The van der Waals surface area contributed by atoms with Crippen molar-refractivity contribution in [3.63, 3.8) is 0 Å². The van der Waals surface area contributed by atoms with Crippen molar-refractivity contribution in [3.05, 3.63) is 24.3 Å². The number of rotatable bonds is 5. The average molecular weight is 281 g/mol. The van der Waals surface area contributed by atoms with Crippen molar-refractivity contribution in [3.8, 4) is 6.07 Å². The van der Waals surface area contributed by atoms with Gasteiger partial charge in [-0.05, 0) is 31.2 Å². The average Bonchev–Trinajstić information content (AvgIpc) is 2.28. The number of nitriles is 1. The Morgan fingerprint density at radius 3 is 2.42 bits per heavy atom. The highest BCUT2D eigenvalue weighted by molar-refractivity contribution is 7.89. The molecule has 0 saturated carbocycles. The molecule has 102 valence electrons. The fourth-order valence-corrected chi connectivity index (χ4v) is 2.68. The van der Waals surface area contributed by atoms with Crippen LogP contribution in [0, 0.1) is 11.3 Å². The molecule has 0 fully saturated rings. The predicted octanol–water partition coefficient (Wildman–Crippen LogP) is 1.23. The molecule has 2 N–H and O–H groups in total. The number of carbonyl (C=O) groups excluding carboxylic acids is 1. The molecule has 0 radical (unpaired) electrons. The van der Waals surface area contributed by atoms with Crippen LogP contribution in [0.5, 0.6) is 0 Å². The van der Waals surface area contributed by atoms with Gasteiger partial charge in [0.15, 0.2) is 0 Å². The van der Waals surface area contributed by atoms with E-state index in [2.05, 4.69) is 10.0 Å². The Labute approximate surface area is 112 Å². The lowest BCUT2D eigenvalue weighted by atomic mass is 10.3. The largest absolute Gasteiger partial charge is 0.326 e. The van der Waals surface area contributed by atoms with Crippen LogP contribution in [0.1, 0.15) is 20.3 Å². The molecule has 1 aromatic carbocycles. The van der Waals surface area contributed by atoms with Crippen molar-refractivity contribution in [2.75, 3.05) is 5.32 Å². The predicted molar refractivity (Wildman–Crippen MR) is 70.8 cm³/mol. The van der Waals surface area contributed by atoms with Gasteiger partial charge in [-0.25, -0.2) is 13.1 Å². The van der Waals surface area contributed by atoms with Gasteiger partial charge in [-0.1, -0.05) is 0 Å². The summed E-state index contributed by atoms with van der Waals surface area (Å²) in [6.45, 7) is 2.99. The fraction of sp³-hybridized carbons (Fsp3) is 0.333. The van der Waals surface area contributed by atoms with E-state index in [-0.39, 0.29) is 17.2 Å². The van der Waals surface area contributed by atoms with E-state index < -0.39 is 16.1 Å². The third kappa shape index (κ3) is 4.69. The van der Waals surface area contributed by atoms with Crippen molar-refractivity contribution in [1.29, 1.82) is 5.26 Å². The molecule has 0 aliphatic heterocycles. The van der Waals surface area contributed by atoms with Crippen LogP contribution < -0.4 is 10.0 Å². The fourth-order valence-electron chi connectivity index (χ4n) is 1.43. The SMILES string of the molecule is CC(=O)Nc1ccc(S(=O)(=O)N[C@H](C)CC#N)cc1. The van der Waals surface area contributed by atoms with Crippen LogP contribution in [0.25, 0.3) is 0 Å². The molecule has 0 spiro atoms. The Morgan fingerprint density at radius 2 is 1.95 bits per heavy atom. The van der Waals surface area contributed by atoms with E-state index in [1.165, 1.54) is 31.2 Å². The van der Waals surface area contributed by atoms with E-state index >= 15 is 0 Å². The summed E-state index contributed by atoms with van der Waals surface area (Å²) in [5.74, 6) is -0.226. The normalized spacial score (nSPS) is 12.5. The van der Waals surface area contributed by atoms with E-state index in [1.807, 2.05) is 6.07 Å². The molecular formula is C12H15N3O3S. The van der Waals surface area contributed by atoms with Crippen LogP contribution in [0.4, 0.5) is 5.69 Å². The Bertz CT molecular complexity index is 588. The van der Waals surface area contributed by atoms with Crippen LogP contribution in [0.3, 0.4) is 0 Å². The molecule has 0 unspecified atom stereocenters. The van der Waals surface area contributed by atoms with Gasteiger partial charge in [0.05, 0.1) is 17.4 Å². The molecule has 0 bridgehead atoms. The number of amides is 1. The van der Waals surface area contributed by atoms with Crippen LogP contribution in [-0.4, -0.2) is 20.4 Å². The van der Waals surface area contributed by atoms with Gasteiger partial charge in [0.1, 0.15) is 0 Å². The minimum atomic E-state index is -3.64. The molecule has 1 aromatic rings. The van der Waals surface area contributed by atoms with Gasteiger partial charge in [-0.2, -0.15) is 5.26 Å². The van der Waals surface area contributed by atoms with Gasteiger partial charge in [-0.15, -0.1) is 0 Å². The summed E-state index contributed by atoms with van der Waals surface area (Å²) in [4.78, 5) is 10.9. The number of hydrogen-bond donors (Lipinski definition) is 2. The van der Waals surface area contributed by atoms with Gasteiger partial charge >= 0.3 is 0 Å². The third-order valence-corrected chi connectivity index (χ3v) is 3.84. The summed E-state index contributed by atoms with van der Waals surface area (Å²) in [7, 11) is -3.64. The van der Waals surface area contributed by atoms with Crippen molar-refractivity contribution < 1.29 is 13.2 Å². The van der Waals surface area contributed by atoms with E-state index in [4.69, 9.17) is 5.26 Å². The molecule has 0 aliphatic rings. The second kappa shape index (κ2) is 6.31. The van der Waals surface area contributed by atoms with Gasteiger partial charge < -0.3 is 5.32 Å². The highest BCUT2D eigenvalue weighted by Crippen LogP contribution is 2.14. The van der Waals surface area contributed by atoms with Crippen molar-refractivity contribution in [1.82, 2.24) is 4.72 Å². The lowest BCUT2D eigenvalue weighted by Crippen LogP contribution is -2.32. The first-order valence-corrected chi connectivity index (χ1v) is 7.10. The Morgan fingerprint density at radius 1 is 1.37 bits per heavy atom. The number of nitrogens with one attached hydrogen (secondary N) is 2. The molecular weight excluding hydrogens is 266 g/mol. The number of carbonyl (C=O) groups is 1. The second-order valence-electron chi connectivity index (χ2n) is 4.09. The molecule has 0 saturated heterocycles. The molecule has 0 aromatic heterocycles. The summed E-state index contributed by atoms with van der Waals surface area (Å²) in [5, 5.41) is 11.0. The van der Waals surface area contributed by atoms with Crippen molar-refractivity contribution in [2.45, 2.75) is 31.2 Å². The van der Waals surface area contributed by atoms with Crippen LogP contribution >= 0.6 is 0 Å². The second-order valence-corrected chi connectivity index (χ2v) is 5.80. The Balaban J connectivity index is 2.85. The van der Waals surface area contributed by atoms with E-state index in [9.17, 15) is 13.2 Å². The van der Waals surface area contributed by atoms with Crippen LogP contribution in [0.2, 0.25) is 0 Å². The molecule has 0 heterocycles. The molecule has 0 aliphatic carbocycles. The molecule has 19 heavy (non-hydrogen) atoms. The van der Waals surface area contributed by atoms with E-state index in [0.717, 1.165) is 0 Å². The summed E-state index contributed by atoms with van der Waals surface area (Å²) >= 11 is 0. The molecule has 6 nitrogen and oxygen atoms in total. The minimum absolute atomic E-state index is 0.0893. The number of nitrogens with zero attached hydrogens (tertiary/aromatic N) is 1. The molecule has 1 rings (SSSR count). The van der Waals surface area contributed by atoms with Gasteiger partial charge in [0.2, 0.25) is 15.9 Å². The molecule has 7 heteroatoms. The van der Waals surface area contributed by atoms with Crippen LogP contribution in [0.15, 0.2) is 29.2 Å². The topological polar surface area (TPSA) is 99.1 Å². The first-order chi connectivity index (χ1) is 8.85. The number of benzene rings is 1. The number of sulfonamides is 1. The lowest BCUT2D eigenvalue weighted by Gasteiger charge is -2.11. The van der Waals surface area contributed by atoms with Crippen LogP contribution in [-0.2, 0) is 14.8 Å². The van der Waals surface area contributed by atoms with Gasteiger partial charge in [-0.3, -0.25) is 4.79 Å². The highest BCUT2D eigenvalue weighted by Gasteiger charge is 2.16. The standard InChI is InChI=1S/C12H15N3O3S/c1-9(7-8-13)15-19(17,18)12-5-3-11(4-6-12)14-10(2)16/h3-6,9,15H,7H2,1-2H3,(H,14,16)/t9-/m1/s1. The first-order valence-electron chi connectivity index (χ1n) is 5.62. The zero-order valence-corrected chi connectivity index (χ0v) is 11.5. The monoisotopic (exact) mass is 281 g/mol. The Kier molecular flexibility index (Phi) is 5.03. The highest BCUT2D eigenvalue weighted by atomic mass is 32.2. The number of hydrogen-bond acceptors (Lipinski definition) is 4. The van der Waals surface area contributed by atoms with Gasteiger partial charge in [0, 0.05) is 18.7 Å². The maximum atomic E-state index is 11.9. The smallest absolute Gasteiger partial charge is 0.240 e. The lowest BCUT2D eigenvalue weighted by molar-refractivity contribution is -0.114. The summed E-state index contributed by atoms with van der Waals surface area (Å²) in [6.07, 6.45) is 0.100. The summed E-state index contributed by atoms with van der Waals surface area (Å²) in [6, 6.07) is 7.24. The summed E-state index contributed by atoms with van der Waals surface area (Å²) < 4.78 is 26.3. The Hall–Kier alpha value is -1.91. The van der Waals surface area contributed by atoms with Gasteiger partial charge in [0.25, 0.3) is 0 Å². The maximum absolute atomic E-state index is 11.9. The molecule has 1 atom stereocenters. The third-order valence-electron chi connectivity index (χ3n) is 2.24. The van der Waals surface area contributed by atoms with E-state index in [0.29, 0.717) is 5.69 Å². The zero-order valence-electron chi connectivity index (χ0n) is 10.7. The minimum Gasteiger partial charge on any atom is -0.326 e. The summed E-state index contributed by atoms with van der Waals surface area (Å²) in [5.41, 5.74) is 0.525. The van der Waals surface area contributed by atoms with Crippen molar-refractivity contribution in [2.24, 2.45) is 0 Å².